The smallest absolute Gasteiger partial charge is 0.381 e. The molecule has 96 valence electrons. The van der Waals surface area contributed by atoms with Gasteiger partial charge >= 0.3 is 6.18 Å². The largest absolute Gasteiger partial charge is 0.420 e. The van der Waals surface area contributed by atoms with Gasteiger partial charge in [-0.15, -0.1) is 0 Å². The van der Waals surface area contributed by atoms with E-state index in [1.807, 2.05) is 0 Å². The number of hydrogen-bond donors (Lipinski definition) is 0. The Morgan fingerprint density at radius 2 is 2.00 bits per heavy atom. The maximum atomic E-state index is 12.6. The molecule has 3 nitrogen and oxygen atoms in total. The summed E-state index contributed by atoms with van der Waals surface area (Å²) < 4.78 is 43.1. The van der Waals surface area contributed by atoms with Crippen LogP contribution in [0.1, 0.15) is 12.8 Å². The molecule has 0 amide bonds. The Morgan fingerprint density at radius 1 is 1.35 bits per heavy atom. The molecule has 2 aliphatic heterocycles. The van der Waals surface area contributed by atoms with Crippen molar-refractivity contribution < 1.29 is 17.9 Å². The van der Waals surface area contributed by atoms with Crippen molar-refractivity contribution in [2.45, 2.75) is 25.1 Å². The number of hydrogen-bond acceptors (Lipinski definition) is 3. The summed E-state index contributed by atoms with van der Waals surface area (Å²) in [4.78, 5) is 5.31. The molecule has 0 saturated carbocycles. The number of allylic oxidation sites excluding steroid dienone is 1. The molecule has 0 unspecified atom stereocenters. The second kappa shape index (κ2) is 4.86. The second-order valence-corrected chi connectivity index (χ2v) is 4.35. The van der Waals surface area contributed by atoms with E-state index in [4.69, 9.17) is 16.3 Å². The van der Waals surface area contributed by atoms with Crippen LogP contribution in [0.25, 0.3) is 0 Å². The van der Waals surface area contributed by atoms with Gasteiger partial charge in [0.05, 0.1) is 0 Å². The number of alkyl halides is 3. The van der Waals surface area contributed by atoms with Crippen LogP contribution in [0, 0.1) is 0 Å². The number of nitrogens with zero attached hydrogens (tertiary/aromatic N) is 2. The Labute approximate surface area is 102 Å². The van der Waals surface area contributed by atoms with Gasteiger partial charge in [-0.25, -0.2) is 0 Å². The predicted molar refractivity (Wildman–Crippen MR) is 58.0 cm³/mol. The summed E-state index contributed by atoms with van der Waals surface area (Å²) in [6, 6.07) is 0.0506. The molecule has 0 aromatic heterocycles. The minimum absolute atomic E-state index is 0.0506. The van der Waals surface area contributed by atoms with E-state index in [1.54, 1.807) is 4.90 Å². The zero-order chi connectivity index (χ0) is 12.5. The van der Waals surface area contributed by atoms with Gasteiger partial charge in [-0.3, -0.25) is 4.99 Å². The van der Waals surface area contributed by atoms with Crippen molar-refractivity contribution in [1.29, 1.82) is 0 Å². The molecule has 0 aromatic rings. The van der Waals surface area contributed by atoms with Crippen molar-refractivity contribution in [3.8, 4) is 0 Å². The predicted octanol–water partition coefficient (Wildman–Crippen LogP) is 2.52. The van der Waals surface area contributed by atoms with E-state index >= 15 is 0 Å². The maximum Gasteiger partial charge on any atom is 0.420 e. The fourth-order valence-electron chi connectivity index (χ4n) is 1.92. The summed E-state index contributed by atoms with van der Waals surface area (Å²) in [5.41, 5.74) is -0.864. The molecule has 1 saturated heterocycles. The lowest BCUT2D eigenvalue weighted by atomic mass is 10.1. The standard InChI is InChI=1S/C10H12ClF3N2O/c11-9-8(10(12,13)14)5-16(6-15-9)7-1-3-17-4-2-7/h5,7H,1-4,6H2. The highest BCUT2D eigenvalue weighted by molar-refractivity contribution is 6.69. The van der Waals surface area contributed by atoms with Crippen molar-refractivity contribution in [3.05, 3.63) is 11.8 Å². The van der Waals surface area contributed by atoms with E-state index in [0.717, 1.165) is 19.0 Å². The van der Waals surface area contributed by atoms with E-state index in [1.165, 1.54) is 0 Å². The van der Waals surface area contributed by atoms with E-state index < -0.39 is 16.9 Å². The normalized spacial score (nSPS) is 23.4. The summed E-state index contributed by atoms with van der Waals surface area (Å²) in [5, 5.41) is -0.458. The van der Waals surface area contributed by atoms with Crippen LogP contribution in [-0.4, -0.2) is 42.2 Å². The molecule has 2 aliphatic rings. The van der Waals surface area contributed by atoms with Gasteiger partial charge in [0, 0.05) is 25.5 Å². The maximum absolute atomic E-state index is 12.6. The molecule has 7 heteroatoms. The second-order valence-electron chi connectivity index (χ2n) is 3.99. The molecule has 0 bridgehead atoms. The lowest BCUT2D eigenvalue weighted by molar-refractivity contribution is -0.0877. The van der Waals surface area contributed by atoms with E-state index in [0.29, 0.717) is 13.2 Å². The first-order chi connectivity index (χ1) is 7.98. The lowest BCUT2D eigenvalue weighted by Crippen LogP contribution is -2.39. The molecule has 0 radical (unpaired) electrons. The van der Waals surface area contributed by atoms with Crippen molar-refractivity contribution in [2.75, 3.05) is 19.9 Å². The third kappa shape index (κ3) is 2.93. The summed E-state index contributed by atoms with van der Waals surface area (Å²) in [6.07, 6.45) is -1.95. The number of ether oxygens (including phenoxy) is 1. The van der Waals surface area contributed by atoms with Gasteiger partial charge in [0.1, 0.15) is 17.4 Å². The van der Waals surface area contributed by atoms with Gasteiger partial charge < -0.3 is 9.64 Å². The third-order valence-electron chi connectivity index (χ3n) is 2.86. The minimum Gasteiger partial charge on any atom is -0.381 e. The van der Waals surface area contributed by atoms with Crippen LogP contribution >= 0.6 is 11.6 Å². The highest BCUT2D eigenvalue weighted by Crippen LogP contribution is 2.31. The first-order valence-corrected chi connectivity index (χ1v) is 5.69. The summed E-state index contributed by atoms with van der Waals surface area (Å²) in [6.45, 7) is 1.34. The molecular weight excluding hydrogens is 257 g/mol. The fraction of sp³-hybridized carbons (Fsp3) is 0.700. The average Bonchev–Trinajstić information content (AvgIpc) is 2.29. The zero-order valence-electron chi connectivity index (χ0n) is 9.00. The van der Waals surface area contributed by atoms with Crippen LogP contribution in [0.4, 0.5) is 13.2 Å². The Kier molecular flexibility index (Phi) is 3.63. The molecule has 0 atom stereocenters. The third-order valence-corrected chi connectivity index (χ3v) is 3.18. The average molecular weight is 269 g/mol. The van der Waals surface area contributed by atoms with Crippen LogP contribution < -0.4 is 0 Å². The van der Waals surface area contributed by atoms with E-state index in [-0.39, 0.29) is 12.7 Å². The van der Waals surface area contributed by atoms with Crippen molar-refractivity contribution in [2.24, 2.45) is 4.99 Å². The Morgan fingerprint density at radius 3 is 2.59 bits per heavy atom. The highest BCUT2D eigenvalue weighted by Gasteiger charge is 2.39. The summed E-state index contributed by atoms with van der Waals surface area (Å²) >= 11 is 5.48. The Hall–Kier alpha value is -0.750. The van der Waals surface area contributed by atoms with Crippen LogP contribution in [0.5, 0.6) is 0 Å². The molecule has 0 aliphatic carbocycles. The van der Waals surface area contributed by atoms with Gasteiger partial charge in [-0.2, -0.15) is 13.2 Å². The number of rotatable bonds is 1. The van der Waals surface area contributed by atoms with Gasteiger partial charge in [0.2, 0.25) is 0 Å². The first kappa shape index (κ1) is 12.7. The molecule has 2 rings (SSSR count). The number of aliphatic imine (C=N–C) groups is 1. The quantitative estimate of drug-likeness (QED) is 0.730. The monoisotopic (exact) mass is 268 g/mol. The van der Waals surface area contributed by atoms with Crippen molar-refractivity contribution in [1.82, 2.24) is 4.90 Å². The molecule has 0 aromatic carbocycles. The van der Waals surface area contributed by atoms with Gasteiger partial charge in [-0.05, 0) is 12.8 Å². The summed E-state index contributed by atoms with van der Waals surface area (Å²) in [5.74, 6) is 0. The van der Waals surface area contributed by atoms with Gasteiger partial charge in [0.25, 0.3) is 0 Å². The molecule has 17 heavy (non-hydrogen) atoms. The molecular formula is C10H12ClF3N2O. The summed E-state index contributed by atoms with van der Waals surface area (Å²) in [7, 11) is 0. The topological polar surface area (TPSA) is 24.8 Å². The number of halogens is 4. The first-order valence-electron chi connectivity index (χ1n) is 5.31. The molecule has 0 spiro atoms. The van der Waals surface area contributed by atoms with Gasteiger partial charge in [-0.1, -0.05) is 11.6 Å². The zero-order valence-corrected chi connectivity index (χ0v) is 9.76. The Bertz CT molecular complexity index is 348. The van der Waals surface area contributed by atoms with Crippen molar-refractivity contribution in [3.63, 3.8) is 0 Å². The molecule has 1 fully saturated rings. The van der Waals surface area contributed by atoms with Gasteiger partial charge in [0.15, 0.2) is 0 Å². The minimum atomic E-state index is -4.45. The SMILES string of the molecule is FC(F)(F)C1=CN(C2CCOCC2)CN=C1Cl. The van der Waals surface area contributed by atoms with E-state index in [2.05, 4.69) is 4.99 Å². The highest BCUT2D eigenvalue weighted by atomic mass is 35.5. The van der Waals surface area contributed by atoms with Crippen molar-refractivity contribution >= 4 is 16.8 Å². The molecule has 0 N–H and O–H groups in total. The lowest BCUT2D eigenvalue weighted by Gasteiger charge is -2.34. The van der Waals surface area contributed by atoms with Crippen LogP contribution in [-0.2, 0) is 4.74 Å². The van der Waals surface area contributed by atoms with Crippen LogP contribution in [0.2, 0.25) is 0 Å². The Balaban J connectivity index is 2.14. The van der Waals surface area contributed by atoms with Crippen LogP contribution in [0.3, 0.4) is 0 Å². The molecule has 2 heterocycles. The fourth-order valence-corrected chi connectivity index (χ4v) is 2.13. The van der Waals surface area contributed by atoms with Crippen LogP contribution in [0.15, 0.2) is 16.8 Å². The van der Waals surface area contributed by atoms with E-state index in [9.17, 15) is 13.2 Å².